The second-order valence-electron chi connectivity index (χ2n) is 5.22. The average molecular weight is 289 g/mol. The van der Waals surface area contributed by atoms with Crippen molar-refractivity contribution in [2.45, 2.75) is 32.7 Å². The van der Waals surface area contributed by atoms with Crippen LogP contribution < -0.4 is 5.32 Å². The van der Waals surface area contributed by atoms with Crippen LogP contribution in [-0.2, 0) is 4.79 Å². The number of urea groups is 1. The molecule has 0 spiro atoms. The van der Waals surface area contributed by atoms with Gasteiger partial charge in [0.15, 0.2) is 0 Å². The van der Waals surface area contributed by atoms with Gasteiger partial charge in [-0.15, -0.1) is 0 Å². The van der Waals surface area contributed by atoms with Crippen LogP contribution in [0, 0.1) is 18.3 Å². The number of rotatable bonds is 5. The van der Waals surface area contributed by atoms with E-state index in [9.17, 15) is 14.7 Å². The van der Waals surface area contributed by atoms with Crippen LogP contribution in [0.4, 0.5) is 10.5 Å². The normalized spacial score (nSPS) is 10.6. The zero-order valence-electron chi connectivity index (χ0n) is 12.4. The largest absolute Gasteiger partial charge is 0.480 e. The van der Waals surface area contributed by atoms with Crippen molar-refractivity contribution in [3.8, 4) is 6.07 Å². The maximum Gasteiger partial charge on any atom is 0.329 e. The van der Waals surface area contributed by atoms with Crippen LogP contribution in [0.3, 0.4) is 0 Å². The van der Waals surface area contributed by atoms with Crippen molar-refractivity contribution in [2.75, 3.05) is 11.9 Å². The fourth-order valence-corrected chi connectivity index (χ4v) is 1.83. The van der Waals surface area contributed by atoms with Gasteiger partial charge in [0.2, 0.25) is 0 Å². The van der Waals surface area contributed by atoms with Crippen LogP contribution in [-0.4, -0.2) is 34.1 Å². The van der Waals surface area contributed by atoms with Crippen LogP contribution in [0.1, 0.15) is 25.8 Å². The minimum absolute atomic E-state index is 0.0491. The Morgan fingerprint density at radius 1 is 1.43 bits per heavy atom. The van der Waals surface area contributed by atoms with Gasteiger partial charge in [0.05, 0.1) is 12.5 Å². The van der Waals surface area contributed by atoms with Crippen molar-refractivity contribution in [3.05, 3.63) is 29.8 Å². The number of hydrogen-bond donors (Lipinski definition) is 2. The monoisotopic (exact) mass is 289 g/mol. The highest BCUT2D eigenvalue weighted by atomic mass is 16.4. The van der Waals surface area contributed by atoms with Gasteiger partial charge in [-0.05, 0) is 38.5 Å². The maximum absolute atomic E-state index is 12.3. The van der Waals surface area contributed by atoms with Gasteiger partial charge in [-0.25, -0.2) is 9.59 Å². The molecule has 112 valence electrons. The Kier molecular flexibility index (Phi) is 5.30. The van der Waals surface area contributed by atoms with E-state index in [-0.39, 0.29) is 13.0 Å². The molecule has 21 heavy (non-hydrogen) atoms. The molecule has 0 unspecified atom stereocenters. The first-order valence-electron chi connectivity index (χ1n) is 6.54. The molecule has 0 heterocycles. The molecule has 1 aromatic carbocycles. The summed E-state index contributed by atoms with van der Waals surface area (Å²) in [6.07, 6.45) is 0.0674. The molecule has 2 N–H and O–H groups in total. The number of nitrogens with zero attached hydrogens (tertiary/aromatic N) is 2. The Labute approximate surface area is 124 Å². The standard InChI is InChI=1S/C15H19N3O3/c1-11-6-4-7-12(10-11)17-14(21)18(9-5-8-16)15(2,3)13(19)20/h4,6-7,10H,5,9H2,1-3H3,(H,17,21)(H,19,20). The van der Waals surface area contributed by atoms with Crippen molar-refractivity contribution in [2.24, 2.45) is 0 Å². The summed E-state index contributed by atoms with van der Waals surface area (Å²) in [5.41, 5.74) is 0.169. The molecule has 0 aliphatic heterocycles. The quantitative estimate of drug-likeness (QED) is 0.871. The molecule has 0 aliphatic carbocycles. The number of benzene rings is 1. The van der Waals surface area contributed by atoms with Gasteiger partial charge < -0.3 is 15.3 Å². The summed E-state index contributed by atoms with van der Waals surface area (Å²) >= 11 is 0. The lowest BCUT2D eigenvalue weighted by Gasteiger charge is -2.34. The molecule has 0 fully saturated rings. The number of carboxylic acid groups (broad SMARTS) is 1. The van der Waals surface area contributed by atoms with Gasteiger partial charge in [-0.3, -0.25) is 0 Å². The third-order valence-corrected chi connectivity index (χ3v) is 3.16. The van der Waals surface area contributed by atoms with Gasteiger partial charge in [-0.2, -0.15) is 5.26 Å². The third-order valence-electron chi connectivity index (χ3n) is 3.16. The molecule has 0 atom stereocenters. The topological polar surface area (TPSA) is 93.4 Å². The molecular weight excluding hydrogens is 270 g/mol. The number of carbonyl (C=O) groups excluding carboxylic acids is 1. The fourth-order valence-electron chi connectivity index (χ4n) is 1.83. The molecule has 6 nitrogen and oxygen atoms in total. The first kappa shape index (κ1) is 16.5. The average Bonchev–Trinajstić information content (AvgIpc) is 2.38. The minimum atomic E-state index is -1.40. The number of hydrogen-bond acceptors (Lipinski definition) is 3. The molecule has 0 aromatic heterocycles. The van der Waals surface area contributed by atoms with Gasteiger partial charge in [0.25, 0.3) is 0 Å². The van der Waals surface area contributed by atoms with Crippen LogP contribution >= 0.6 is 0 Å². The van der Waals surface area contributed by atoms with Crippen molar-refractivity contribution in [1.82, 2.24) is 4.90 Å². The Hall–Kier alpha value is -2.55. The van der Waals surface area contributed by atoms with E-state index in [4.69, 9.17) is 5.26 Å². The highest BCUT2D eigenvalue weighted by Crippen LogP contribution is 2.18. The fraction of sp³-hybridized carbons (Fsp3) is 0.400. The van der Waals surface area contributed by atoms with Crippen LogP contribution in [0.2, 0.25) is 0 Å². The number of aliphatic carboxylic acids is 1. The number of anilines is 1. The zero-order chi connectivity index (χ0) is 16.0. The molecule has 0 aliphatic rings. The maximum atomic E-state index is 12.3. The molecule has 1 rings (SSSR count). The van der Waals surface area contributed by atoms with E-state index < -0.39 is 17.5 Å². The smallest absolute Gasteiger partial charge is 0.329 e. The Bertz CT molecular complexity index is 576. The second kappa shape index (κ2) is 6.75. The zero-order valence-corrected chi connectivity index (χ0v) is 12.4. The van der Waals surface area contributed by atoms with Crippen LogP contribution in [0.5, 0.6) is 0 Å². The first-order chi connectivity index (χ1) is 9.78. The predicted molar refractivity (Wildman–Crippen MR) is 78.8 cm³/mol. The van der Waals surface area contributed by atoms with Crippen molar-refractivity contribution in [1.29, 1.82) is 5.26 Å². The number of carbonyl (C=O) groups is 2. The molecule has 0 saturated carbocycles. The lowest BCUT2D eigenvalue weighted by molar-refractivity contribution is -0.147. The third kappa shape index (κ3) is 4.21. The number of carboxylic acids is 1. The van der Waals surface area contributed by atoms with Crippen molar-refractivity contribution < 1.29 is 14.7 Å². The summed E-state index contributed by atoms with van der Waals surface area (Å²) in [7, 11) is 0. The van der Waals surface area contributed by atoms with E-state index in [2.05, 4.69) is 5.32 Å². The summed E-state index contributed by atoms with van der Waals surface area (Å²) < 4.78 is 0. The summed E-state index contributed by atoms with van der Waals surface area (Å²) in [4.78, 5) is 24.8. The molecule has 1 aromatic rings. The second-order valence-corrected chi connectivity index (χ2v) is 5.22. The van der Waals surface area contributed by atoms with Gasteiger partial charge in [0, 0.05) is 12.2 Å². The van der Waals surface area contributed by atoms with E-state index in [1.807, 2.05) is 19.1 Å². The lowest BCUT2D eigenvalue weighted by Crippen LogP contribution is -2.54. The molecule has 0 bridgehead atoms. The summed E-state index contributed by atoms with van der Waals surface area (Å²) in [6.45, 7) is 4.81. The summed E-state index contributed by atoms with van der Waals surface area (Å²) in [6, 6.07) is 8.58. The van der Waals surface area contributed by atoms with Gasteiger partial charge in [0.1, 0.15) is 5.54 Å². The van der Waals surface area contributed by atoms with Crippen molar-refractivity contribution in [3.63, 3.8) is 0 Å². The minimum Gasteiger partial charge on any atom is -0.480 e. The summed E-state index contributed by atoms with van der Waals surface area (Å²) in [5, 5.41) is 20.6. The lowest BCUT2D eigenvalue weighted by atomic mass is 10.0. The number of nitriles is 1. The summed E-state index contributed by atoms with van der Waals surface area (Å²) in [5.74, 6) is -1.13. The number of amides is 2. The highest BCUT2D eigenvalue weighted by Gasteiger charge is 2.37. The van der Waals surface area contributed by atoms with E-state index in [1.54, 1.807) is 18.2 Å². The molecule has 0 radical (unpaired) electrons. The van der Waals surface area contributed by atoms with E-state index >= 15 is 0 Å². The van der Waals surface area contributed by atoms with Crippen molar-refractivity contribution >= 4 is 17.7 Å². The van der Waals surface area contributed by atoms with Crippen LogP contribution in [0.15, 0.2) is 24.3 Å². The van der Waals surface area contributed by atoms with Gasteiger partial charge in [-0.1, -0.05) is 12.1 Å². The van der Waals surface area contributed by atoms with Crippen LogP contribution in [0.25, 0.3) is 0 Å². The van der Waals surface area contributed by atoms with Gasteiger partial charge >= 0.3 is 12.0 Å². The number of aryl methyl sites for hydroxylation is 1. The first-order valence-corrected chi connectivity index (χ1v) is 6.54. The molecule has 6 heteroatoms. The predicted octanol–water partition coefficient (Wildman–Crippen LogP) is 2.61. The Morgan fingerprint density at radius 3 is 2.62 bits per heavy atom. The van der Waals surface area contributed by atoms with E-state index in [1.165, 1.54) is 13.8 Å². The highest BCUT2D eigenvalue weighted by molar-refractivity contribution is 5.93. The molecule has 0 saturated heterocycles. The molecular formula is C15H19N3O3. The Balaban J connectivity index is 2.95. The Morgan fingerprint density at radius 2 is 2.10 bits per heavy atom. The number of nitrogens with one attached hydrogen (secondary N) is 1. The van der Waals surface area contributed by atoms with E-state index in [0.29, 0.717) is 5.69 Å². The van der Waals surface area contributed by atoms with E-state index in [0.717, 1.165) is 10.5 Å². The molecule has 2 amide bonds. The SMILES string of the molecule is Cc1cccc(NC(=O)N(CCC#N)C(C)(C)C(=O)O)c1.